The van der Waals surface area contributed by atoms with Crippen molar-refractivity contribution < 1.29 is 14.3 Å². The number of amides is 1. The molecule has 2 aromatic carbocycles. The first-order valence-corrected chi connectivity index (χ1v) is 8.02. The monoisotopic (exact) mass is 347 g/mol. The first-order chi connectivity index (χ1) is 11.4. The molecule has 0 aliphatic heterocycles. The van der Waals surface area contributed by atoms with Crippen molar-refractivity contribution in [3.8, 4) is 11.5 Å². The van der Waals surface area contributed by atoms with E-state index < -0.39 is 0 Å². The molecular weight excluding hydrogens is 326 g/mol. The van der Waals surface area contributed by atoms with Crippen LogP contribution in [0, 0.1) is 0 Å². The van der Waals surface area contributed by atoms with Crippen molar-refractivity contribution in [2.45, 2.75) is 19.3 Å². The minimum atomic E-state index is -0.241. The first-order valence-electron chi connectivity index (χ1n) is 7.64. The summed E-state index contributed by atoms with van der Waals surface area (Å²) in [5, 5.41) is 3.66. The average molecular weight is 348 g/mol. The smallest absolute Gasteiger partial charge is 0.258 e. The lowest BCUT2D eigenvalue weighted by Gasteiger charge is -2.26. The lowest BCUT2D eigenvalue weighted by Crippen LogP contribution is -2.37. The number of carbonyl (C=O) groups is 1. The molecule has 0 bridgehead atoms. The fraction of sp³-hybridized carbons (Fsp3) is 0.316. The zero-order valence-electron chi connectivity index (χ0n) is 14.4. The van der Waals surface area contributed by atoms with Crippen molar-refractivity contribution in [1.29, 1.82) is 0 Å². The summed E-state index contributed by atoms with van der Waals surface area (Å²) in [5.74, 6) is 0.735. The molecule has 0 aromatic heterocycles. The standard InChI is InChI=1S/C19H22ClNO3/c1-19(2,13-8-10-14(20)11-9-13)12-21-18(22)17-15(23-3)6-5-7-16(17)24-4/h5-11H,12H2,1-4H3,(H,21,22). The van der Waals surface area contributed by atoms with Crippen LogP contribution in [-0.2, 0) is 5.41 Å². The highest BCUT2D eigenvalue weighted by molar-refractivity contribution is 6.30. The second kappa shape index (κ2) is 7.58. The van der Waals surface area contributed by atoms with Crippen molar-refractivity contribution in [2.24, 2.45) is 0 Å². The third kappa shape index (κ3) is 4.01. The van der Waals surface area contributed by atoms with Crippen LogP contribution in [0.2, 0.25) is 5.02 Å². The van der Waals surface area contributed by atoms with Crippen LogP contribution in [0.4, 0.5) is 0 Å². The SMILES string of the molecule is COc1cccc(OC)c1C(=O)NCC(C)(C)c1ccc(Cl)cc1. The summed E-state index contributed by atoms with van der Waals surface area (Å²) in [6.07, 6.45) is 0. The summed E-state index contributed by atoms with van der Waals surface area (Å²) in [4.78, 5) is 12.6. The van der Waals surface area contributed by atoms with Gasteiger partial charge >= 0.3 is 0 Å². The quantitative estimate of drug-likeness (QED) is 0.857. The molecule has 0 heterocycles. The van der Waals surface area contributed by atoms with Crippen molar-refractivity contribution in [3.05, 3.63) is 58.6 Å². The minimum absolute atomic E-state index is 0.230. The van der Waals surface area contributed by atoms with Crippen LogP contribution in [0.1, 0.15) is 29.8 Å². The maximum absolute atomic E-state index is 12.6. The molecule has 4 nitrogen and oxygen atoms in total. The molecule has 0 fully saturated rings. The lowest BCUT2D eigenvalue weighted by molar-refractivity contribution is 0.0939. The highest BCUT2D eigenvalue weighted by Crippen LogP contribution is 2.29. The van der Waals surface area contributed by atoms with Gasteiger partial charge < -0.3 is 14.8 Å². The molecule has 2 rings (SSSR count). The summed E-state index contributed by atoms with van der Waals surface area (Å²) in [6.45, 7) is 4.60. The summed E-state index contributed by atoms with van der Waals surface area (Å²) in [7, 11) is 3.06. The molecule has 128 valence electrons. The molecular formula is C19H22ClNO3. The van der Waals surface area contributed by atoms with Crippen LogP contribution in [0.5, 0.6) is 11.5 Å². The number of rotatable bonds is 6. The molecule has 2 aromatic rings. The van der Waals surface area contributed by atoms with E-state index in [2.05, 4.69) is 19.2 Å². The van der Waals surface area contributed by atoms with Gasteiger partial charge in [-0.15, -0.1) is 0 Å². The van der Waals surface area contributed by atoms with Gasteiger partial charge in [-0.2, -0.15) is 0 Å². The molecule has 0 spiro atoms. The van der Waals surface area contributed by atoms with Crippen molar-refractivity contribution in [3.63, 3.8) is 0 Å². The Morgan fingerprint density at radius 1 is 1.04 bits per heavy atom. The average Bonchev–Trinajstić information content (AvgIpc) is 2.59. The fourth-order valence-electron chi connectivity index (χ4n) is 2.47. The van der Waals surface area contributed by atoms with Crippen LogP contribution < -0.4 is 14.8 Å². The minimum Gasteiger partial charge on any atom is -0.496 e. The molecule has 1 amide bonds. The molecule has 0 saturated heterocycles. The summed E-state index contributed by atoms with van der Waals surface area (Å²) in [6, 6.07) is 12.9. The number of methoxy groups -OCH3 is 2. The molecule has 0 aliphatic rings. The van der Waals surface area contributed by atoms with Gasteiger partial charge in [0.05, 0.1) is 14.2 Å². The Balaban J connectivity index is 2.17. The molecule has 0 atom stereocenters. The highest BCUT2D eigenvalue weighted by atomic mass is 35.5. The third-order valence-corrected chi connectivity index (χ3v) is 4.22. The van der Waals surface area contributed by atoms with E-state index in [0.717, 1.165) is 5.56 Å². The summed E-state index contributed by atoms with van der Waals surface area (Å²) >= 11 is 5.94. The molecule has 5 heteroatoms. The Kier molecular flexibility index (Phi) is 5.73. The van der Waals surface area contributed by atoms with E-state index in [4.69, 9.17) is 21.1 Å². The summed E-state index contributed by atoms with van der Waals surface area (Å²) < 4.78 is 10.6. The maximum Gasteiger partial charge on any atom is 0.258 e. The predicted octanol–water partition coefficient (Wildman–Crippen LogP) is 4.06. The number of nitrogens with one attached hydrogen (secondary N) is 1. The van der Waals surface area contributed by atoms with Crippen LogP contribution in [0.25, 0.3) is 0 Å². The largest absolute Gasteiger partial charge is 0.496 e. The lowest BCUT2D eigenvalue weighted by atomic mass is 9.84. The third-order valence-electron chi connectivity index (χ3n) is 3.97. The molecule has 24 heavy (non-hydrogen) atoms. The number of carbonyl (C=O) groups excluding carboxylic acids is 1. The van der Waals surface area contributed by atoms with Gasteiger partial charge in [0.1, 0.15) is 17.1 Å². The van der Waals surface area contributed by atoms with Crippen molar-refractivity contribution in [1.82, 2.24) is 5.32 Å². The van der Waals surface area contributed by atoms with Gasteiger partial charge in [0.2, 0.25) is 0 Å². The van der Waals surface area contributed by atoms with E-state index in [-0.39, 0.29) is 11.3 Å². The van der Waals surface area contributed by atoms with E-state index in [1.807, 2.05) is 24.3 Å². The molecule has 0 aliphatic carbocycles. The van der Waals surface area contributed by atoms with E-state index in [0.29, 0.717) is 28.6 Å². The van der Waals surface area contributed by atoms with Gasteiger partial charge in [-0.25, -0.2) is 0 Å². The van der Waals surface area contributed by atoms with Gasteiger partial charge in [0.15, 0.2) is 0 Å². The van der Waals surface area contributed by atoms with Gasteiger partial charge in [-0.05, 0) is 29.8 Å². The fourth-order valence-corrected chi connectivity index (χ4v) is 2.59. The van der Waals surface area contributed by atoms with Crippen LogP contribution >= 0.6 is 11.6 Å². The number of halogens is 1. The molecule has 0 radical (unpaired) electrons. The van der Waals surface area contributed by atoms with Gasteiger partial charge in [-0.1, -0.05) is 43.6 Å². The van der Waals surface area contributed by atoms with Crippen molar-refractivity contribution >= 4 is 17.5 Å². The number of hydrogen-bond acceptors (Lipinski definition) is 3. The zero-order valence-corrected chi connectivity index (χ0v) is 15.1. The second-order valence-corrected chi connectivity index (χ2v) is 6.55. The molecule has 0 unspecified atom stereocenters. The molecule has 0 saturated carbocycles. The second-order valence-electron chi connectivity index (χ2n) is 6.11. The predicted molar refractivity (Wildman–Crippen MR) is 96.4 cm³/mol. The Hall–Kier alpha value is -2.20. The Labute approximate surface area is 147 Å². The van der Waals surface area contributed by atoms with Crippen LogP contribution in [-0.4, -0.2) is 26.7 Å². The first kappa shape index (κ1) is 18.1. The Morgan fingerprint density at radius 2 is 1.58 bits per heavy atom. The number of hydrogen-bond donors (Lipinski definition) is 1. The highest BCUT2D eigenvalue weighted by Gasteiger charge is 2.24. The van der Waals surface area contributed by atoms with Gasteiger partial charge in [0, 0.05) is 17.0 Å². The number of ether oxygens (including phenoxy) is 2. The Bertz CT molecular complexity index is 689. The van der Waals surface area contributed by atoms with E-state index in [9.17, 15) is 4.79 Å². The van der Waals surface area contributed by atoms with Gasteiger partial charge in [0.25, 0.3) is 5.91 Å². The molecule has 1 N–H and O–H groups in total. The number of benzene rings is 2. The van der Waals surface area contributed by atoms with Crippen LogP contribution in [0.3, 0.4) is 0 Å². The Morgan fingerprint density at radius 3 is 2.08 bits per heavy atom. The summed E-state index contributed by atoms with van der Waals surface area (Å²) in [5.41, 5.74) is 1.25. The van der Waals surface area contributed by atoms with E-state index in [1.165, 1.54) is 14.2 Å². The van der Waals surface area contributed by atoms with E-state index >= 15 is 0 Å². The zero-order chi connectivity index (χ0) is 17.7. The maximum atomic E-state index is 12.6. The van der Waals surface area contributed by atoms with Crippen molar-refractivity contribution in [2.75, 3.05) is 20.8 Å². The van der Waals surface area contributed by atoms with Gasteiger partial charge in [-0.3, -0.25) is 4.79 Å². The topological polar surface area (TPSA) is 47.6 Å². The van der Waals surface area contributed by atoms with E-state index in [1.54, 1.807) is 18.2 Å². The normalized spacial score (nSPS) is 11.0. The van der Waals surface area contributed by atoms with Crippen LogP contribution in [0.15, 0.2) is 42.5 Å².